The summed E-state index contributed by atoms with van der Waals surface area (Å²) in [6.45, 7) is 5.85. The van der Waals surface area contributed by atoms with Crippen LogP contribution in [-0.2, 0) is 26.0 Å². The predicted molar refractivity (Wildman–Crippen MR) is 128 cm³/mol. The molecule has 0 saturated heterocycles. The highest BCUT2D eigenvalue weighted by Gasteiger charge is 2.23. The van der Waals surface area contributed by atoms with Gasteiger partial charge < -0.3 is 4.74 Å². The summed E-state index contributed by atoms with van der Waals surface area (Å²) in [7, 11) is -4.02. The first-order valence-electron chi connectivity index (χ1n) is 10.3. The molecule has 2 aromatic rings. The van der Waals surface area contributed by atoms with E-state index in [-0.39, 0.29) is 23.2 Å². The van der Waals surface area contributed by atoms with Crippen molar-refractivity contribution in [2.45, 2.75) is 51.3 Å². The van der Waals surface area contributed by atoms with Crippen LogP contribution in [0.3, 0.4) is 0 Å². The molecule has 166 valence electrons. The van der Waals surface area contributed by atoms with Gasteiger partial charge in [-0.15, -0.1) is 4.40 Å². The summed E-state index contributed by atoms with van der Waals surface area (Å²) >= 11 is 3.42. The van der Waals surface area contributed by atoms with Gasteiger partial charge in [0.25, 0.3) is 10.0 Å². The SMILES string of the molecule is CCCCC(=O)/C(Br)=C(Cc1ccccc1)\C(=N\S(=O)(=O)c1ccc(C)cc1)OCC. The van der Waals surface area contributed by atoms with Gasteiger partial charge in [-0.3, -0.25) is 4.79 Å². The van der Waals surface area contributed by atoms with Gasteiger partial charge in [0.1, 0.15) is 0 Å². The molecule has 0 aromatic heterocycles. The number of ketones is 1. The van der Waals surface area contributed by atoms with Crippen LogP contribution in [0, 0.1) is 6.92 Å². The molecule has 0 spiro atoms. The molecule has 0 saturated carbocycles. The van der Waals surface area contributed by atoms with Gasteiger partial charge in [-0.25, -0.2) is 0 Å². The van der Waals surface area contributed by atoms with Gasteiger partial charge in [-0.2, -0.15) is 8.42 Å². The zero-order chi connectivity index (χ0) is 22.9. The topological polar surface area (TPSA) is 72.8 Å². The lowest BCUT2D eigenvalue weighted by Gasteiger charge is -2.14. The zero-order valence-electron chi connectivity index (χ0n) is 18.1. The largest absolute Gasteiger partial charge is 0.477 e. The van der Waals surface area contributed by atoms with E-state index < -0.39 is 10.0 Å². The molecule has 0 aliphatic carbocycles. The van der Waals surface area contributed by atoms with Crippen molar-refractivity contribution in [1.29, 1.82) is 0 Å². The van der Waals surface area contributed by atoms with Crippen molar-refractivity contribution in [2.75, 3.05) is 6.61 Å². The Labute approximate surface area is 193 Å². The molecular weight excluding hydrogens is 478 g/mol. The van der Waals surface area contributed by atoms with E-state index in [2.05, 4.69) is 20.3 Å². The Hall–Kier alpha value is -2.25. The summed E-state index contributed by atoms with van der Waals surface area (Å²) in [5, 5.41) is 0. The summed E-state index contributed by atoms with van der Waals surface area (Å²) in [4.78, 5) is 12.8. The number of allylic oxidation sites excluding steroid dienone is 1. The summed E-state index contributed by atoms with van der Waals surface area (Å²) in [6.07, 6.45) is 2.30. The third-order valence-electron chi connectivity index (χ3n) is 4.55. The summed E-state index contributed by atoms with van der Waals surface area (Å²) in [5.41, 5.74) is 2.28. The normalized spacial score (nSPS) is 13.0. The van der Waals surface area contributed by atoms with Crippen molar-refractivity contribution >= 4 is 37.6 Å². The maximum Gasteiger partial charge on any atom is 0.285 e. The highest BCUT2D eigenvalue weighted by molar-refractivity contribution is 9.12. The van der Waals surface area contributed by atoms with E-state index in [9.17, 15) is 13.2 Å². The third-order valence-corrected chi connectivity index (χ3v) is 6.75. The average Bonchev–Trinajstić information content (AvgIpc) is 2.76. The van der Waals surface area contributed by atoms with Gasteiger partial charge in [0.15, 0.2) is 5.78 Å². The van der Waals surface area contributed by atoms with Crippen molar-refractivity contribution in [3.63, 3.8) is 0 Å². The fourth-order valence-electron chi connectivity index (χ4n) is 2.84. The van der Waals surface area contributed by atoms with Crippen molar-refractivity contribution in [1.82, 2.24) is 0 Å². The Morgan fingerprint density at radius 1 is 1.03 bits per heavy atom. The first-order valence-corrected chi connectivity index (χ1v) is 12.5. The zero-order valence-corrected chi connectivity index (χ0v) is 20.5. The van der Waals surface area contributed by atoms with E-state index in [1.165, 1.54) is 12.1 Å². The number of rotatable bonds is 10. The number of benzene rings is 2. The lowest BCUT2D eigenvalue weighted by atomic mass is 10.0. The number of nitrogens with zero attached hydrogens (tertiary/aromatic N) is 1. The molecule has 2 aromatic carbocycles. The summed E-state index contributed by atoms with van der Waals surface area (Å²) in [5.74, 6) is -0.170. The fourth-order valence-corrected chi connectivity index (χ4v) is 4.31. The quantitative estimate of drug-likeness (QED) is 0.233. The highest BCUT2D eigenvalue weighted by Crippen LogP contribution is 2.24. The minimum atomic E-state index is -4.02. The molecule has 0 fully saturated rings. The van der Waals surface area contributed by atoms with Crippen LogP contribution in [0.15, 0.2) is 73.9 Å². The van der Waals surface area contributed by atoms with Crippen LogP contribution in [0.1, 0.15) is 44.2 Å². The predicted octanol–water partition coefficient (Wildman–Crippen LogP) is 5.77. The number of hydrogen-bond donors (Lipinski definition) is 0. The number of Topliss-reactive ketones (excluding diaryl/α,β-unsaturated/α-hetero) is 1. The van der Waals surface area contributed by atoms with E-state index in [1.54, 1.807) is 19.1 Å². The molecule has 7 heteroatoms. The molecular formula is C24H28BrNO4S. The van der Waals surface area contributed by atoms with E-state index in [0.29, 0.717) is 22.9 Å². The Bertz CT molecular complexity index is 1040. The smallest absolute Gasteiger partial charge is 0.285 e. The van der Waals surface area contributed by atoms with Crippen molar-refractivity contribution in [3.8, 4) is 0 Å². The van der Waals surface area contributed by atoms with Crippen molar-refractivity contribution < 1.29 is 17.9 Å². The van der Waals surface area contributed by atoms with Crippen LogP contribution in [0.5, 0.6) is 0 Å². The molecule has 0 aliphatic heterocycles. The lowest BCUT2D eigenvalue weighted by molar-refractivity contribution is -0.115. The molecule has 31 heavy (non-hydrogen) atoms. The minimum absolute atomic E-state index is 0.0661. The van der Waals surface area contributed by atoms with Crippen LogP contribution in [0.2, 0.25) is 0 Å². The van der Waals surface area contributed by atoms with E-state index >= 15 is 0 Å². The lowest BCUT2D eigenvalue weighted by Crippen LogP contribution is -2.17. The number of unbranched alkanes of at least 4 members (excludes halogenated alkanes) is 1. The summed E-state index contributed by atoms with van der Waals surface area (Å²) in [6, 6.07) is 16.0. The number of ether oxygens (including phenoxy) is 1. The minimum Gasteiger partial charge on any atom is -0.477 e. The van der Waals surface area contributed by atoms with E-state index in [4.69, 9.17) is 4.74 Å². The second-order valence-corrected chi connectivity index (χ2v) is 9.50. The van der Waals surface area contributed by atoms with Crippen LogP contribution < -0.4 is 0 Å². The van der Waals surface area contributed by atoms with Crippen LogP contribution >= 0.6 is 15.9 Å². The van der Waals surface area contributed by atoms with Gasteiger partial charge in [0.05, 0.1) is 16.0 Å². The van der Waals surface area contributed by atoms with Crippen LogP contribution in [0.4, 0.5) is 0 Å². The monoisotopic (exact) mass is 505 g/mol. The number of aryl methyl sites for hydroxylation is 1. The molecule has 0 heterocycles. The fraction of sp³-hybridized carbons (Fsp3) is 0.333. The maximum absolute atomic E-state index is 13.0. The molecule has 0 radical (unpaired) electrons. The molecule has 0 bridgehead atoms. The Balaban J connectivity index is 2.58. The van der Waals surface area contributed by atoms with Crippen LogP contribution in [-0.4, -0.2) is 26.7 Å². The third kappa shape index (κ3) is 7.43. The summed E-state index contributed by atoms with van der Waals surface area (Å²) < 4.78 is 35.9. The second-order valence-electron chi connectivity index (χ2n) is 7.10. The Kier molecular flexibility index (Phi) is 9.65. The van der Waals surface area contributed by atoms with E-state index in [0.717, 1.165) is 24.0 Å². The molecule has 5 nitrogen and oxygen atoms in total. The number of carbonyl (C=O) groups is 1. The molecule has 0 amide bonds. The molecule has 0 unspecified atom stereocenters. The van der Waals surface area contributed by atoms with Crippen molar-refractivity contribution in [2.24, 2.45) is 4.40 Å². The second kappa shape index (κ2) is 12.0. The number of carbonyl (C=O) groups excluding carboxylic acids is 1. The van der Waals surface area contributed by atoms with Gasteiger partial charge >= 0.3 is 0 Å². The number of halogens is 1. The molecule has 2 rings (SSSR count). The molecule has 0 N–H and O–H groups in total. The van der Waals surface area contributed by atoms with Gasteiger partial charge in [0, 0.05) is 18.4 Å². The van der Waals surface area contributed by atoms with Gasteiger partial charge in [-0.1, -0.05) is 61.4 Å². The van der Waals surface area contributed by atoms with Crippen molar-refractivity contribution in [3.05, 3.63) is 75.8 Å². The van der Waals surface area contributed by atoms with Gasteiger partial charge in [-0.05, 0) is 53.9 Å². The first kappa shape index (κ1) is 25.0. The standard InChI is InChI=1S/C24H28BrNO4S/c1-4-6-12-22(27)23(25)21(17-19-10-8-7-9-11-19)24(30-5-2)26-31(28,29)20-15-13-18(3)14-16-20/h7-11,13-16H,4-6,12,17H2,1-3H3/b23-21+,26-24-. The Morgan fingerprint density at radius 2 is 1.68 bits per heavy atom. The number of sulfonamides is 1. The molecule has 0 aliphatic rings. The van der Waals surface area contributed by atoms with E-state index in [1.807, 2.05) is 44.2 Å². The number of hydrogen-bond acceptors (Lipinski definition) is 4. The average molecular weight is 506 g/mol. The maximum atomic E-state index is 13.0. The van der Waals surface area contributed by atoms with Crippen LogP contribution in [0.25, 0.3) is 0 Å². The van der Waals surface area contributed by atoms with Gasteiger partial charge in [0.2, 0.25) is 5.90 Å². The molecule has 0 atom stereocenters. The first-order chi connectivity index (χ1) is 14.8. The highest BCUT2D eigenvalue weighted by atomic mass is 79.9. The Morgan fingerprint density at radius 3 is 2.26 bits per heavy atom.